The van der Waals surface area contributed by atoms with Crippen molar-refractivity contribution in [3.8, 4) is 0 Å². The van der Waals surface area contributed by atoms with Crippen LogP contribution in [0.5, 0.6) is 0 Å². The van der Waals surface area contributed by atoms with Crippen LogP contribution in [-0.4, -0.2) is 19.9 Å². The van der Waals surface area contributed by atoms with E-state index in [1.807, 2.05) is 20.8 Å². The minimum Gasteiger partial charge on any atom is -0.412 e. The van der Waals surface area contributed by atoms with Crippen molar-refractivity contribution >= 4 is 7.69 Å². The molecule has 10 heavy (non-hydrogen) atoms. The van der Waals surface area contributed by atoms with E-state index in [-0.39, 0.29) is 6.10 Å². The first-order valence-corrected chi connectivity index (χ1v) is 3.90. The lowest BCUT2D eigenvalue weighted by Crippen LogP contribution is -2.16. The molecule has 1 atom stereocenters. The molecule has 0 aliphatic heterocycles. The van der Waals surface area contributed by atoms with Gasteiger partial charge in [-0.1, -0.05) is 6.92 Å². The highest BCUT2D eigenvalue weighted by Crippen LogP contribution is 1.95. The van der Waals surface area contributed by atoms with Gasteiger partial charge in [0.1, 0.15) is 0 Å². The summed E-state index contributed by atoms with van der Waals surface area (Å²) in [5.74, 6) is 0. The lowest BCUT2D eigenvalue weighted by molar-refractivity contribution is 0.140. The molecule has 0 aromatic carbocycles. The first kappa shape index (κ1) is 9.98. The molecule has 0 aromatic heterocycles. The standard InChI is InChI=1S/C7H17BO2/c1-5-7(4)10-8-9-6(2)3/h6-8H,5H2,1-4H3. The molecule has 0 radical (unpaired) electrons. The van der Waals surface area contributed by atoms with Crippen molar-refractivity contribution in [3.63, 3.8) is 0 Å². The van der Waals surface area contributed by atoms with Crippen LogP contribution in [0.2, 0.25) is 0 Å². The highest BCUT2D eigenvalue weighted by atomic mass is 16.6. The third-order valence-corrected chi connectivity index (χ3v) is 1.33. The molecule has 2 nitrogen and oxygen atoms in total. The fourth-order valence-corrected chi connectivity index (χ4v) is 0.409. The zero-order valence-corrected chi connectivity index (χ0v) is 7.39. The molecular weight excluding hydrogens is 127 g/mol. The van der Waals surface area contributed by atoms with Gasteiger partial charge in [-0.05, 0) is 27.2 Å². The summed E-state index contributed by atoms with van der Waals surface area (Å²) in [5.41, 5.74) is 0. The fourth-order valence-electron chi connectivity index (χ4n) is 0.409. The highest BCUT2D eigenvalue weighted by Gasteiger charge is 2.00. The summed E-state index contributed by atoms with van der Waals surface area (Å²) in [7, 11) is 0.423. The van der Waals surface area contributed by atoms with Crippen LogP contribution in [0, 0.1) is 0 Å². The predicted octanol–water partition coefficient (Wildman–Crippen LogP) is 1.49. The quantitative estimate of drug-likeness (QED) is 0.544. The van der Waals surface area contributed by atoms with E-state index in [1.165, 1.54) is 0 Å². The minimum atomic E-state index is 0.268. The van der Waals surface area contributed by atoms with Gasteiger partial charge in [0.2, 0.25) is 0 Å². The van der Waals surface area contributed by atoms with Crippen molar-refractivity contribution in [2.24, 2.45) is 0 Å². The van der Waals surface area contributed by atoms with Gasteiger partial charge in [-0.25, -0.2) is 0 Å². The molecule has 0 aromatic rings. The van der Waals surface area contributed by atoms with Gasteiger partial charge in [0.15, 0.2) is 0 Å². The zero-order valence-electron chi connectivity index (χ0n) is 7.39. The summed E-state index contributed by atoms with van der Waals surface area (Å²) in [6, 6.07) is 0. The van der Waals surface area contributed by atoms with E-state index in [2.05, 4.69) is 6.92 Å². The molecule has 0 spiro atoms. The minimum absolute atomic E-state index is 0.268. The van der Waals surface area contributed by atoms with Crippen LogP contribution >= 0.6 is 0 Å². The Balaban J connectivity index is 3.03. The number of hydrogen-bond acceptors (Lipinski definition) is 2. The Kier molecular flexibility index (Phi) is 5.74. The lowest BCUT2D eigenvalue weighted by Gasteiger charge is -2.11. The summed E-state index contributed by atoms with van der Waals surface area (Å²) in [6.45, 7) is 8.14. The third kappa shape index (κ3) is 6.11. The van der Waals surface area contributed by atoms with E-state index in [0.29, 0.717) is 13.8 Å². The Labute approximate surface area is 64.2 Å². The Morgan fingerprint density at radius 3 is 2.20 bits per heavy atom. The zero-order chi connectivity index (χ0) is 7.98. The SMILES string of the molecule is CCC(C)OBOC(C)C. The van der Waals surface area contributed by atoms with Crippen LogP contribution in [0.3, 0.4) is 0 Å². The van der Waals surface area contributed by atoms with Crippen molar-refractivity contribution in [2.75, 3.05) is 0 Å². The van der Waals surface area contributed by atoms with E-state index >= 15 is 0 Å². The van der Waals surface area contributed by atoms with Crippen molar-refractivity contribution in [1.29, 1.82) is 0 Å². The van der Waals surface area contributed by atoms with Crippen molar-refractivity contribution in [3.05, 3.63) is 0 Å². The summed E-state index contributed by atoms with van der Waals surface area (Å²) in [5, 5.41) is 0. The molecule has 0 saturated carbocycles. The van der Waals surface area contributed by atoms with Gasteiger partial charge in [0.05, 0.1) is 0 Å². The van der Waals surface area contributed by atoms with E-state index in [9.17, 15) is 0 Å². The number of rotatable bonds is 5. The second-order valence-corrected chi connectivity index (χ2v) is 2.72. The topological polar surface area (TPSA) is 18.5 Å². The van der Waals surface area contributed by atoms with E-state index < -0.39 is 0 Å². The molecule has 1 unspecified atom stereocenters. The molecular formula is C7H17BO2. The van der Waals surface area contributed by atoms with Crippen LogP contribution < -0.4 is 0 Å². The van der Waals surface area contributed by atoms with Crippen molar-refractivity contribution < 1.29 is 9.31 Å². The second-order valence-electron chi connectivity index (χ2n) is 2.72. The smallest absolute Gasteiger partial charge is 0.412 e. The van der Waals surface area contributed by atoms with Gasteiger partial charge in [-0.15, -0.1) is 0 Å². The predicted molar refractivity (Wildman–Crippen MR) is 44.2 cm³/mol. The molecule has 0 bridgehead atoms. The molecule has 3 heteroatoms. The van der Waals surface area contributed by atoms with Crippen LogP contribution in [0.15, 0.2) is 0 Å². The van der Waals surface area contributed by atoms with Gasteiger partial charge in [-0.3, -0.25) is 0 Å². The first-order valence-electron chi connectivity index (χ1n) is 3.90. The Morgan fingerprint density at radius 1 is 1.20 bits per heavy atom. The van der Waals surface area contributed by atoms with Crippen LogP contribution in [0.25, 0.3) is 0 Å². The van der Waals surface area contributed by atoms with Gasteiger partial charge in [0, 0.05) is 12.2 Å². The summed E-state index contributed by atoms with van der Waals surface area (Å²) < 4.78 is 10.5. The van der Waals surface area contributed by atoms with Crippen molar-refractivity contribution in [2.45, 2.75) is 46.3 Å². The molecule has 0 N–H and O–H groups in total. The monoisotopic (exact) mass is 144 g/mol. The molecule has 0 fully saturated rings. The van der Waals surface area contributed by atoms with Gasteiger partial charge in [0.25, 0.3) is 0 Å². The molecule has 0 aliphatic rings. The normalized spacial score (nSPS) is 13.7. The Bertz CT molecular complexity index is 76.0. The molecule has 0 rings (SSSR count). The maximum Gasteiger partial charge on any atom is 0.438 e. The fraction of sp³-hybridized carbons (Fsp3) is 1.00. The third-order valence-electron chi connectivity index (χ3n) is 1.33. The van der Waals surface area contributed by atoms with E-state index in [4.69, 9.17) is 9.31 Å². The van der Waals surface area contributed by atoms with E-state index in [0.717, 1.165) is 6.42 Å². The maximum absolute atomic E-state index is 5.28. The van der Waals surface area contributed by atoms with Crippen LogP contribution in [0.4, 0.5) is 0 Å². The Morgan fingerprint density at radius 2 is 1.80 bits per heavy atom. The van der Waals surface area contributed by atoms with Gasteiger partial charge >= 0.3 is 7.69 Å². The van der Waals surface area contributed by atoms with Crippen LogP contribution in [0.1, 0.15) is 34.1 Å². The summed E-state index contributed by atoms with van der Waals surface area (Å²) in [6.07, 6.45) is 1.63. The number of hydrogen-bond donors (Lipinski definition) is 0. The average molecular weight is 144 g/mol. The van der Waals surface area contributed by atoms with Gasteiger partial charge < -0.3 is 9.31 Å². The highest BCUT2D eigenvalue weighted by molar-refractivity contribution is 6.18. The first-order chi connectivity index (χ1) is 4.66. The second kappa shape index (κ2) is 5.75. The lowest BCUT2D eigenvalue weighted by atomic mass is 10.2. The largest absolute Gasteiger partial charge is 0.438 e. The molecule has 0 heterocycles. The van der Waals surface area contributed by atoms with Gasteiger partial charge in [-0.2, -0.15) is 0 Å². The maximum atomic E-state index is 5.28. The summed E-state index contributed by atoms with van der Waals surface area (Å²) in [4.78, 5) is 0. The summed E-state index contributed by atoms with van der Waals surface area (Å²) >= 11 is 0. The molecule has 0 amide bonds. The Hall–Kier alpha value is -0.0151. The van der Waals surface area contributed by atoms with Crippen molar-refractivity contribution in [1.82, 2.24) is 0 Å². The molecule has 60 valence electrons. The van der Waals surface area contributed by atoms with Crippen LogP contribution in [-0.2, 0) is 9.31 Å². The molecule has 0 aliphatic carbocycles. The van der Waals surface area contributed by atoms with E-state index in [1.54, 1.807) is 0 Å². The average Bonchev–Trinajstić information content (AvgIpc) is 1.87. The molecule has 0 saturated heterocycles.